The minimum absolute atomic E-state index is 0.0839. The maximum atomic E-state index is 12.5. The average molecular weight is 273 g/mol. The molecule has 0 radical (unpaired) electrons. The van der Waals surface area contributed by atoms with Crippen LogP contribution in [0.1, 0.15) is 31.4 Å². The normalized spacial score (nSPS) is 18.9. The van der Waals surface area contributed by atoms with E-state index in [-0.39, 0.29) is 17.7 Å². The van der Waals surface area contributed by atoms with Crippen molar-refractivity contribution in [3.05, 3.63) is 35.4 Å². The van der Waals surface area contributed by atoms with E-state index < -0.39 is 0 Å². The van der Waals surface area contributed by atoms with Crippen molar-refractivity contribution >= 4 is 11.6 Å². The van der Waals surface area contributed by atoms with Gasteiger partial charge in [-0.15, -0.1) is 0 Å². The van der Waals surface area contributed by atoms with Crippen LogP contribution in [0.5, 0.6) is 0 Å². The molecule has 0 saturated carbocycles. The molecular formula is C16H23N3O. The Bertz CT molecular complexity index is 522. The zero-order chi connectivity index (χ0) is 14.7. The maximum absolute atomic E-state index is 12.5. The van der Waals surface area contributed by atoms with Crippen LogP contribution in [0, 0.1) is 18.8 Å². The smallest absolute Gasteiger partial charge is 0.251 e. The van der Waals surface area contributed by atoms with E-state index in [4.69, 9.17) is 5.73 Å². The molecule has 0 spiro atoms. The molecule has 0 saturated heterocycles. The highest BCUT2D eigenvalue weighted by atomic mass is 16.2. The monoisotopic (exact) mass is 273 g/mol. The van der Waals surface area contributed by atoms with Crippen molar-refractivity contribution in [2.75, 3.05) is 6.54 Å². The van der Waals surface area contributed by atoms with Crippen molar-refractivity contribution in [2.24, 2.45) is 22.7 Å². The lowest BCUT2D eigenvalue weighted by Gasteiger charge is -2.14. The van der Waals surface area contributed by atoms with Crippen molar-refractivity contribution < 1.29 is 4.79 Å². The van der Waals surface area contributed by atoms with Gasteiger partial charge in [-0.25, -0.2) is 5.01 Å². The number of aryl methyl sites for hydroxylation is 1. The molecule has 2 rings (SSSR count). The van der Waals surface area contributed by atoms with E-state index in [0.29, 0.717) is 19.5 Å². The number of carbonyl (C=O) groups is 1. The third-order valence-corrected chi connectivity index (χ3v) is 3.61. The second kappa shape index (κ2) is 6.18. The number of hydrazone groups is 1. The fraction of sp³-hybridized carbons (Fsp3) is 0.500. The zero-order valence-corrected chi connectivity index (χ0v) is 12.5. The number of rotatable bonds is 5. The highest BCUT2D eigenvalue weighted by molar-refractivity contribution is 6.08. The molecule has 20 heavy (non-hydrogen) atoms. The Morgan fingerprint density at radius 2 is 2.15 bits per heavy atom. The third-order valence-electron chi connectivity index (χ3n) is 3.61. The van der Waals surface area contributed by atoms with Crippen LogP contribution < -0.4 is 5.73 Å². The van der Waals surface area contributed by atoms with Gasteiger partial charge in [-0.05, 0) is 31.4 Å². The Kier molecular flexibility index (Phi) is 4.55. The second-order valence-electron chi connectivity index (χ2n) is 5.69. The summed E-state index contributed by atoms with van der Waals surface area (Å²) in [6.45, 7) is 7.26. The van der Waals surface area contributed by atoms with Crippen LogP contribution >= 0.6 is 0 Å². The molecule has 1 heterocycles. The number of hydrogen-bond donors (Lipinski definition) is 1. The Morgan fingerprint density at radius 3 is 2.75 bits per heavy atom. The van der Waals surface area contributed by atoms with Gasteiger partial charge in [0.25, 0.3) is 5.91 Å². The first-order valence-electron chi connectivity index (χ1n) is 7.18. The summed E-state index contributed by atoms with van der Waals surface area (Å²) in [5, 5.41) is 6.14. The van der Waals surface area contributed by atoms with Crippen molar-refractivity contribution in [1.82, 2.24) is 5.01 Å². The topological polar surface area (TPSA) is 58.7 Å². The molecule has 0 bridgehead atoms. The van der Waals surface area contributed by atoms with Crippen LogP contribution in [0.25, 0.3) is 0 Å². The zero-order valence-electron chi connectivity index (χ0n) is 12.5. The Hall–Kier alpha value is -1.68. The number of hydrogen-bond acceptors (Lipinski definition) is 3. The lowest BCUT2D eigenvalue weighted by molar-refractivity contribution is -0.132. The minimum Gasteiger partial charge on any atom is -0.330 e. The fourth-order valence-electron chi connectivity index (χ4n) is 2.62. The lowest BCUT2D eigenvalue weighted by atomic mass is 9.92. The van der Waals surface area contributed by atoms with Gasteiger partial charge in [0, 0.05) is 0 Å². The van der Waals surface area contributed by atoms with E-state index in [2.05, 4.69) is 38.0 Å². The van der Waals surface area contributed by atoms with Crippen LogP contribution in [-0.4, -0.2) is 23.2 Å². The third kappa shape index (κ3) is 3.07. The molecular weight excluding hydrogens is 250 g/mol. The number of nitrogens with two attached hydrogens (primary N) is 1. The van der Waals surface area contributed by atoms with Gasteiger partial charge in [0.2, 0.25) is 0 Å². The summed E-state index contributed by atoms with van der Waals surface area (Å²) in [5.41, 5.74) is 8.90. The van der Waals surface area contributed by atoms with E-state index >= 15 is 0 Å². The van der Waals surface area contributed by atoms with Gasteiger partial charge in [-0.2, -0.15) is 5.10 Å². The van der Waals surface area contributed by atoms with Crippen LogP contribution in [0.2, 0.25) is 0 Å². The lowest BCUT2D eigenvalue weighted by Crippen LogP contribution is -2.30. The Morgan fingerprint density at radius 1 is 1.40 bits per heavy atom. The first-order chi connectivity index (χ1) is 9.52. The molecule has 1 atom stereocenters. The van der Waals surface area contributed by atoms with Crippen LogP contribution in [0.3, 0.4) is 0 Å². The SMILES string of the molecule is Cc1cccc(CN2N=C(C(C)C)C(CCN)C2=O)c1. The summed E-state index contributed by atoms with van der Waals surface area (Å²) < 4.78 is 0. The summed E-state index contributed by atoms with van der Waals surface area (Å²) in [6, 6.07) is 8.18. The minimum atomic E-state index is -0.134. The standard InChI is InChI=1S/C16H23N3O/c1-11(2)15-14(7-8-17)16(20)19(18-15)10-13-6-4-5-12(3)9-13/h4-6,9,11,14H,7-8,10,17H2,1-3H3. The summed E-state index contributed by atoms with van der Waals surface area (Å²) in [7, 11) is 0. The molecule has 4 heteroatoms. The van der Waals surface area contributed by atoms with Crippen molar-refractivity contribution in [2.45, 2.75) is 33.7 Å². The van der Waals surface area contributed by atoms with Gasteiger partial charge >= 0.3 is 0 Å². The average Bonchev–Trinajstić information content (AvgIpc) is 2.69. The molecule has 0 aromatic heterocycles. The second-order valence-corrected chi connectivity index (χ2v) is 5.69. The summed E-state index contributed by atoms with van der Waals surface area (Å²) in [5.74, 6) is 0.225. The van der Waals surface area contributed by atoms with Crippen LogP contribution in [0.15, 0.2) is 29.4 Å². The first kappa shape index (κ1) is 14.7. The van der Waals surface area contributed by atoms with Crippen molar-refractivity contribution in [3.63, 3.8) is 0 Å². The van der Waals surface area contributed by atoms with E-state index in [1.807, 2.05) is 12.1 Å². The van der Waals surface area contributed by atoms with E-state index in [9.17, 15) is 4.79 Å². The highest BCUT2D eigenvalue weighted by Crippen LogP contribution is 2.25. The van der Waals surface area contributed by atoms with Gasteiger partial charge in [-0.3, -0.25) is 4.79 Å². The molecule has 0 fully saturated rings. The quantitative estimate of drug-likeness (QED) is 0.895. The van der Waals surface area contributed by atoms with Crippen LogP contribution in [-0.2, 0) is 11.3 Å². The van der Waals surface area contributed by atoms with Gasteiger partial charge in [0.1, 0.15) is 0 Å². The molecule has 1 aliphatic rings. The molecule has 2 N–H and O–H groups in total. The number of nitrogens with zero attached hydrogens (tertiary/aromatic N) is 2. The predicted octanol–water partition coefficient (Wildman–Crippen LogP) is 2.31. The molecule has 1 aromatic carbocycles. The fourth-order valence-corrected chi connectivity index (χ4v) is 2.62. The van der Waals surface area contributed by atoms with Gasteiger partial charge < -0.3 is 5.73 Å². The molecule has 1 aromatic rings. The molecule has 0 aliphatic carbocycles. The van der Waals surface area contributed by atoms with Gasteiger partial charge in [-0.1, -0.05) is 43.7 Å². The molecule has 1 unspecified atom stereocenters. The molecule has 1 amide bonds. The highest BCUT2D eigenvalue weighted by Gasteiger charge is 2.36. The Labute approximate surface area is 120 Å². The molecule has 1 aliphatic heterocycles. The predicted molar refractivity (Wildman–Crippen MR) is 81.2 cm³/mol. The van der Waals surface area contributed by atoms with E-state index in [1.54, 1.807) is 5.01 Å². The van der Waals surface area contributed by atoms with Gasteiger partial charge in [0.05, 0.1) is 18.2 Å². The number of benzene rings is 1. The van der Waals surface area contributed by atoms with E-state index in [1.165, 1.54) is 5.56 Å². The largest absolute Gasteiger partial charge is 0.330 e. The maximum Gasteiger partial charge on any atom is 0.251 e. The van der Waals surface area contributed by atoms with E-state index in [0.717, 1.165) is 11.3 Å². The van der Waals surface area contributed by atoms with Crippen LogP contribution in [0.4, 0.5) is 0 Å². The number of carbonyl (C=O) groups excluding carboxylic acids is 1. The first-order valence-corrected chi connectivity index (χ1v) is 7.18. The van der Waals surface area contributed by atoms with Crippen molar-refractivity contribution in [1.29, 1.82) is 0 Å². The summed E-state index contributed by atoms with van der Waals surface area (Å²) >= 11 is 0. The number of amides is 1. The summed E-state index contributed by atoms with van der Waals surface area (Å²) in [4.78, 5) is 12.5. The molecule has 4 nitrogen and oxygen atoms in total. The van der Waals surface area contributed by atoms with Crippen molar-refractivity contribution in [3.8, 4) is 0 Å². The van der Waals surface area contributed by atoms with Gasteiger partial charge in [0.15, 0.2) is 0 Å². The Balaban J connectivity index is 2.18. The molecule has 108 valence electrons. The summed E-state index contributed by atoms with van der Waals surface area (Å²) in [6.07, 6.45) is 0.681.